The van der Waals surface area contributed by atoms with Crippen LogP contribution < -0.4 is 0 Å². The molecule has 1 N–H and O–H groups in total. The maximum absolute atomic E-state index is 13.6. The molecule has 1 atom stereocenters. The van der Waals surface area contributed by atoms with Gasteiger partial charge in [0, 0.05) is 5.92 Å². The van der Waals surface area contributed by atoms with Gasteiger partial charge < -0.3 is 0 Å². The molecule has 0 amide bonds. The summed E-state index contributed by atoms with van der Waals surface area (Å²) in [6.45, 7) is 0. The van der Waals surface area contributed by atoms with Crippen molar-refractivity contribution in [3.63, 3.8) is 0 Å². The maximum Gasteiger partial charge on any atom is 0.265 e. The van der Waals surface area contributed by atoms with Crippen molar-refractivity contribution in [3.8, 4) is 0 Å². The number of benzene rings is 1. The van der Waals surface area contributed by atoms with Gasteiger partial charge in [-0.05, 0) is 24.5 Å². The van der Waals surface area contributed by atoms with Crippen LogP contribution in [-0.4, -0.2) is 24.5 Å². The quantitative estimate of drug-likeness (QED) is 0.829. The zero-order chi connectivity index (χ0) is 13.3. The van der Waals surface area contributed by atoms with Gasteiger partial charge >= 0.3 is 0 Å². The molecule has 1 aromatic rings. The predicted molar refractivity (Wildman–Crippen MR) is 63.3 cm³/mol. The highest BCUT2D eigenvalue weighted by Crippen LogP contribution is 2.36. The molecule has 0 spiro atoms. The van der Waals surface area contributed by atoms with E-state index in [0.717, 1.165) is 0 Å². The number of carbonyl (C=O) groups excluding carboxylic acids is 1. The summed E-state index contributed by atoms with van der Waals surface area (Å²) in [6, 6.07) is 5.55. The smallest absolute Gasteiger partial charge is 0.265 e. The Labute approximate surface area is 105 Å². The highest BCUT2D eigenvalue weighted by atomic mass is 32.2. The van der Waals surface area contributed by atoms with Crippen molar-refractivity contribution < 1.29 is 22.2 Å². The zero-order valence-electron chi connectivity index (χ0n) is 9.54. The first-order valence-corrected chi connectivity index (χ1v) is 7.22. The van der Waals surface area contributed by atoms with Gasteiger partial charge in [0.1, 0.15) is 11.6 Å². The van der Waals surface area contributed by atoms with E-state index in [-0.39, 0.29) is 17.3 Å². The van der Waals surface area contributed by atoms with E-state index in [1.54, 1.807) is 0 Å². The molecule has 0 aromatic heterocycles. The molecule has 0 aliphatic heterocycles. The molecular weight excluding hydrogens is 259 g/mol. The Morgan fingerprint density at radius 2 is 2.00 bits per heavy atom. The lowest BCUT2D eigenvalue weighted by atomic mass is 9.93. The molecule has 0 saturated heterocycles. The number of rotatable bonds is 5. The molecule has 1 aliphatic rings. The number of ketones is 1. The SMILES string of the molecule is O=C(C1CC1)C(CS(=O)(=O)O)c1ccccc1F. The molecule has 18 heavy (non-hydrogen) atoms. The largest absolute Gasteiger partial charge is 0.299 e. The van der Waals surface area contributed by atoms with E-state index >= 15 is 0 Å². The van der Waals surface area contributed by atoms with Crippen LogP contribution in [0.1, 0.15) is 24.3 Å². The van der Waals surface area contributed by atoms with Crippen molar-refractivity contribution >= 4 is 15.9 Å². The second kappa shape index (κ2) is 4.78. The molecule has 0 heterocycles. The Morgan fingerprint density at radius 1 is 1.39 bits per heavy atom. The zero-order valence-corrected chi connectivity index (χ0v) is 10.4. The summed E-state index contributed by atoms with van der Waals surface area (Å²) >= 11 is 0. The summed E-state index contributed by atoms with van der Waals surface area (Å²) in [7, 11) is -4.33. The highest BCUT2D eigenvalue weighted by molar-refractivity contribution is 7.85. The molecular formula is C12H13FO4S. The summed E-state index contributed by atoms with van der Waals surface area (Å²) in [5.74, 6) is -3.01. The molecule has 1 unspecified atom stereocenters. The summed E-state index contributed by atoms with van der Waals surface area (Å²) in [5, 5.41) is 0. The van der Waals surface area contributed by atoms with Gasteiger partial charge in [-0.25, -0.2) is 4.39 Å². The molecule has 2 rings (SSSR count). The molecule has 1 aliphatic carbocycles. The molecule has 0 bridgehead atoms. The van der Waals surface area contributed by atoms with Crippen LogP contribution in [0.3, 0.4) is 0 Å². The van der Waals surface area contributed by atoms with Crippen molar-refractivity contribution in [1.29, 1.82) is 0 Å². The third-order valence-corrected chi connectivity index (χ3v) is 3.74. The lowest BCUT2D eigenvalue weighted by Crippen LogP contribution is -2.24. The van der Waals surface area contributed by atoms with Gasteiger partial charge in [-0.1, -0.05) is 18.2 Å². The van der Waals surface area contributed by atoms with E-state index < -0.39 is 27.6 Å². The van der Waals surface area contributed by atoms with Crippen LogP contribution in [0.4, 0.5) is 4.39 Å². The number of hydrogen-bond donors (Lipinski definition) is 1. The number of halogens is 1. The summed E-state index contributed by atoms with van der Waals surface area (Å²) in [5.41, 5.74) is 0.0343. The van der Waals surface area contributed by atoms with Gasteiger partial charge in [0.2, 0.25) is 0 Å². The molecule has 0 radical (unpaired) electrons. The minimum Gasteiger partial charge on any atom is -0.299 e. The summed E-state index contributed by atoms with van der Waals surface area (Å²) < 4.78 is 44.4. The minimum atomic E-state index is -4.33. The summed E-state index contributed by atoms with van der Waals surface area (Å²) in [4.78, 5) is 12.0. The van der Waals surface area contributed by atoms with Gasteiger partial charge in [0.25, 0.3) is 10.1 Å². The average Bonchev–Trinajstić information content (AvgIpc) is 3.08. The second-order valence-corrected chi connectivity index (χ2v) is 6.00. The van der Waals surface area contributed by atoms with Crippen LogP contribution in [-0.2, 0) is 14.9 Å². The van der Waals surface area contributed by atoms with E-state index in [2.05, 4.69) is 0 Å². The fourth-order valence-electron chi connectivity index (χ4n) is 1.95. The van der Waals surface area contributed by atoms with Crippen molar-refractivity contribution in [1.82, 2.24) is 0 Å². The normalized spacial score (nSPS) is 17.4. The first kappa shape index (κ1) is 13.2. The Bertz CT molecular complexity index is 563. The lowest BCUT2D eigenvalue weighted by molar-refractivity contribution is -0.121. The van der Waals surface area contributed by atoms with Crippen molar-refractivity contribution in [3.05, 3.63) is 35.6 Å². The number of Topliss-reactive ketones (excluding diaryl/α,β-unsaturated/α-hetero) is 1. The Morgan fingerprint density at radius 3 is 2.50 bits per heavy atom. The van der Waals surface area contributed by atoms with E-state index in [1.165, 1.54) is 24.3 Å². The van der Waals surface area contributed by atoms with E-state index in [4.69, 9.17) is 4.55 Å². The standard InChI is InChI=1S/C12H13FO4S/c13-11-4-2-1-3-9(11)10(7-18(15,16)17)12(14)8-5-6-8/h1-4,8,10H,5-7H2,(H,15,16,17). The Kier molecular flexibility index (Phi) is 3.49. The van der Waals surface area contributed by atoms with Gasteiger partial charge in [-0.15, -0.1) is 0 Å². The van der Waals surface area contributed by atoms with Gasteiger partial charge in [-0.3, -0.25) is 9.35 Å². The molecule has 1 saturated carbocycles. The summed E-state index contributed by atoms with van der Waals surface area (Å²) in [6.07, 6.45) is 1.41. The highest BCUT2D eigenvalue weighted by Gasteiger charge is 2.38. The molecule has 98 valence electrons. The number of carbonyl (C=O) groups is 1. The number of hydrogen-bond acceptors (Lipinski definition) is 3. The van der Waals surface area contributed by atoms with Crippen LogP contribution in [0.2, 0.25) is 0 Å². The lowest BCUT2D eigenvalue weighted by Gasteiger charge is -2.15. The Hall–Kier alpha value is -1.27. The van der Waals surface area contributed by atoms with E-state index in [9.17, 15) is 17.6 Å². The van der Waals surface area contributed by atoms with E-state index in [0.29, 0.717) is 12.8 Å². The van der Waals surface area contributed by atoms with Crippen LogP contribution >= 0.6 is 0 Å². The first-order chi connectivity index (χ1) is 8.38. The second-order valence-electron chi connectivity index (χ2n) is 4.50. The minimum absolute atomic E-state index is 0.0343. The molecule has 6 heteroatoms. The van der Waals surface area contributed by atoms with Gasteiger partial charge in [0.15, 0.2) is 0 Å². The fourth-order valence-corrected chi connectivity index (χ4v) is 2.71. The third-order valence-electron chi connectivity index (χ3n) is 2.98. The van der Waals surface area contributed by atoms with Crippen LogP contribution in [0.15, 0.2) is 24.3 Å². The predicted octanol–water partition coefficient (Wildman–Crippen LogP) is 1.78. The van der Waals surface area contributed by atoms with E-state index in [1.807, 2.05) is 0 Å². The van der Waals surface area contributed by atoms with Crippen LogP contribution in [0.25, 0.3) is 0 Å². The Balaban J connectivity index is 2.35. The van der Waals surface area contributed by atoms with Crippen LogP contribution in [0, 0.1) is 11.7 Å². The molecule has 1 fully saturated rings. The fraction of sp³-hybridized carbons (Fsp3) is 0.417. The first-order valence-electron chi connectivity index (χ1n) is 5.62. The molecule has 1 aromatic carbocycles. The monoisotopic (exact) mass is 272 g/mol. The van der Waals surface area contributed by atoms with Gasteiger partial charge in [-0.2, -0.15) is 8.42 Å². The third kappa shape index (κ3) is 3.14. The van der Waals surface area contributed by atoms with Gasteiger partial charge in [0.05, 0.1) is 11.7 Å². The van der Waals surface area contributed by atoms with Crippen molar-refractivity contribution in [2.45, 2.75) is 18.8 Å². The van der Waals surface area contributed by atoms with Crippen molar-refractivity contribution in [2.24, 2.45) is 5.92 Å². The van der Waals surface area contributed by atoms with Crippen LogP contribution in [0.5, 0.6) is 0 Å². The topological polar surface area (TPSA) is 71.4 Å². The maximum atomic E-state index is 13.6. The average molecular weight is 272 g/mol. The molecule has 4 nitrogen and oxygen atoms in total. The van der Waals surface area contributed by atoms with Crippen molar-refractivity contribution in [2.75, 3.05) is 5.75 Å².